The molecule has 1 heterocycles. The molecule has 9 heavy (non-hydrogen) atoms. The summed E-state index contributed by atoms with van der Waals surface area (Å²) in [6.07, 6.45) is 1.85. The second kappa shape index (κ2) is 2.27. The lowest BCUT2D eigenvalue weighted by atomic mass is 9.99. The second-order valence-corrected chi connectivity index (χ2v) is 3.13. The van der Waals surface area contributed by atoms with Crippen molar-refractivity contribution in [2.45, 2.75) is 32.5 Å². The molecule has 0 aromatic heterocycles. The highest BCUT2D eigenvalue weighted by molar-refractivity contribution is 4.68. The van der Waals surface area contributed by atoms with Gasteiger partial charge in [0.05, 0.1) is 6.61 Å². The van der Waals surface area contributed by atoms with E-state index in [0.29, 0.717) is 12.5 Å². The van der Waals surface area contributed by atoms with E-state index in [1.165, 1.54) is 0 Å². The third-order valence-electron chi connectivity index (χ3n) is 1.78. The third-order valence-corrected chi connectivity index (χ3v) is 1.78. The minimum atomic E-state index is -0.841. The SMILES string of the molecule is CC1CCC(C)(O)OC1. The quantitative estimate of drug-likeness (QED) is 0.533. The van der Waals surface area contributed by atoms with Crippen molar-refractivity contribution in [2.75, 3.05) is 6.61 Å². The number of ether oxygens (including phenoxy) is 1. The Bertz CT molecular complexity index is 89.1. The summed E-state index contributed by atoms with van der Waals surface area (Å²) in [6, 6.07) is 0. The molecule has 1 N–H and O–H groups in total. The summed E-state index contributed by atoms with van der Waals surface area (Å²) in [7, 11) is 0. The fraction of sp³-hybridized carbons (Fsp3) is 1.00. The van der Waals surface area contributed by atoms with Crippen molar-refractivity contribution in [1.82, 2.24) is 0 Å². The van der Waals surface area contributed by atoms with E-state index in [-0.39, 0.29) is 0 Å². The first-order valence-electron chi connectivity index (χ1n) is 3.46. The fourth-order valence-corrected chi connectivity index (χ4v) is 0.992. The van der Waals surface area contributed by atoms with E-state index in [0.717, 1.165) is 12.8 Å². The molecule has 0 aromatic rings. The highest BCUT2D eigenvalue weighted by Gasteiger charge is 2.26. The molecule has 2 nitrogen and oxygen atoms in total. The van der Waals surface area contributed by atoms with Crippen molar-refractivity contribution in [3.8, 4) is 0 Å². The Labute approximate surface area is 55.8 Å². The maximum Gasteiger partial charge on any atom is 0.162 e. The van der Waals surface area contributed by atoms with E-state index in [1.807, 2.05) is 0 Å². The molecule has 0 spiro atoms. The van der Waals surface area contributed by atoms with Gasteiger partial charge in [0, 0.05) is 6.42 Å². The number of hydrogen-bond acceptors (Lipinski definition) is 2. The van der Waals surface area contributed by atoms with Crippen LogP contribution in [-0.4, -0.2) is 17.5 Å². The highest BCUT2D eigenvalue weighted by Crippen LogP contribution is 2.24. The lowest BCUT2D eigenvalue weighted by Crippen LogP contribution is -2.35. The van der Waals surface area contributed by atoms with Crippen molar-refractivity contribution in [2.24, 2.45) is 5.92 Å². The molecule has 2 unspecified atom stereocenters. The first-order chi connectivity index (χ1) is 4.10. The summed E-state index contributed by atoms with van der Waals surface area (Å²) >= 11 is 0. The van der Waals surface area contributed by atoms with Gasteiger partial charge in [-0.2, -0.15) is 0 Å². The van der Waals surface area contributed by atoms with E-state index < -0.39 is 5.79 Å². The van der Waals surface area contributed by atoms with Crippen molar-refractivity contribution < 1.29 is 9.84 Å². The van der Waals surface area contributed by atoms with Crippen LogP contribution in [0.15, 0.2) is 0 Å². The number of rotatable bonds is 0. The molecule has 1 aliphatic heterocycles. The minimum absolute atomic E-state index is 0.616. The van der Waals surface area contributed by atoms with Crippen LogP contribution in [0.2, 0.25) is 0 Å². The van der Waals surface area contributed by atoms with Crippen LogP contribution in [0.25, 0.3) is 0 Å². The molecular weight excluding hydrogens is 116 g/mol. The van der Waals surface area contributed by atoms with Crippen LogP contribution < -0.4 is 0 Å². The summed E-state index contributed by atoms with van der Waals surface area (Å²) in [4.78, 5) is 0. The molecule has 1 saturated heterocycles. The maximum atomic E-state index is 9.27. The van der Waals surface area contributed by atoms with Crippen molar-refractivity contribution in [3.63, 3.8) is 0 Å². The Hall–Kier alpha value is -0.0800. The summed E-state index contributed by atoms with van der Waals surface area (Å²) in [5.41, 5.74) is 0. The standard InChI is InChI=1S/C7H14O2/c1-6-3-4-7(2,8)9-5-6/h6,8H,3-5H2,1-2H3. The van der Waals surface area contributed by atoms with Crippen LogP contribution in [0, 0.1) is 5.92 Å². The Morgan fingerprint density at radius 3 is 2.67 bits per heavy atom. The lowest BCUT2D eigenvalue weighted by Gasteiger charge is -2.31. The monoisotopic (exact) mass is 130 g/mol. The van der Waals surface area contributed by atoms with Gasteiger partial charge in [-0.1, -0.05) is 6.92 Å². The zero-order chi connectivity index (χ0) is 6.91. The van der Waals surface area contributed by atoms with Gasteiger partial charge in [0.1, 0.15) is 0 Å². The molecule has 1 fully saturated rings. The normalized spacial score (nSPS) is 45.0. The summed E-state index contributed by atoms with van der Waals surface area (Å²) < 4.78 is 5.13. The van der Waals surface area contributed by atoms with Crippen LogP contribution in [-0.2, 0) is 4.74 Å². The number of aliphatic hydroxyl groups is 1. The zero-order valence-corrected chi connectivity index (χ0v) is 6.05. The van der Waals surface area contributed by atoms with E-state index in [4.69, 9.17) is 4.74 Å². The number of hydrogen-bond donors (Lipinski definition) is 1. The molecular formula is C7H14O2. The van der Waals surface area contributed by atoms with Crippen LogP contribution in [0.4, 0.5) is 0 Å². The fourth-order valence-electron chi connectivity index (χ4n) is 0.992. The molecule has 54 valence electrons. The first kappa shape index (κ1) is 7.03. The summed E-state index contributed by atoms with van der Waals surface area (Å²) in [6.45, 7) is 4.56. The molecule has 2 atom stereocenters. The molecule has 2 heteroatoms. The average Bonchev–Trinajstić information content (AvgIpc) is 1.78. The zero-order valence-electron chi connectivity index (χ0n) is 6.05. The lowest BCUT2D eigenvalue weighted by molar-refractivity contribution is -0.221. The Morgan fingerprint density at radius 1 is 1.67 bits per heavy atom. The molecule has 1 aliphatic rings. The van der Waals surface area contributed by atoms with Gasteiger partial charge in [-0.25, -0.2) is 0 Å². The molecule has 1 rings (SSSR count). The summed E-state index contributed by atoms with van der Waals surface area (Å²) in [5.74, 6) is -0.225. The van der Waals surface area contributed by atoms with Crippen LogP contribution in [0.5, 0.6) is 0 Å². The first-order valence-corrected chi connectivity index (χ1v) is 3.46. The second-order valence-electron chi connectivity index (χ2n) is 3.13. The van der Waals surface area contributed by atoms with Crippen molar-refractivity contribution >= 4 is 0 Å². The maximum absolute atomic E-state index is 9.27. The van der Waals surface area contributed by atoms with Gasteiger partial charge in [0.2, 0.25) is 0 Å². The van der Waals surface area contributed by atoms with Crippen LogP contribution >= 0.6 is 0 Å². The van der Waals surface area contributed by atoms with Crippen molar-refractivity contribution in [3.05, 3.63) is 0 Å². The third kappa shape index (κ3) is 1.95. The Kier molecular flexibility index (Phi) is 1.78. The Morgan fingerprint density at radius 2 is 2.33 bits per heavy atom. The van der Waals surface area contributed by atoms with Crippen LogP contribution in [0.3, 0.4) is 0 Å². The highest BCUT2D eigenvalue weighted by atomic mass is 16.6. The Balaban J connectivity index is 2.35. The van der Waals surface area contributed by atoms with E-state index in [9.17, 15) is 5.11 Å². The van der Waals surface area contributed by atoms with Gasteiger partial charge in [-0.15, -0.1) is 0 Å². The van der Waals surface area contributed by atoms with Crippen LogP contribution in [0.1, 0.15) is 26.7 Å². The molecule has 0 saturated carbocycles. The minimum Gasteiger partial charge on any atom is -0.366 e. The van der Waals surface area contributed by atoms with E-state index in [1.54, 1.807) is 6.92 Å². The molecule has 0 amide bonds. The van der Waals surface area contributed by atoms with Gasteiger partial charge in [0.15, 0.2) is 5.79 Å². The van der Waals surface area contributed by atoms with Gasteiger partial charge in [0.25, 0.3) is 0 Å². The predicted octanol–water partition coefficient (Wildman–Crippen LogP) is 1.14. The molecule has 0 radical (unpaired) electrons. The van der Waals surface area contributed by atoms with Gasteiger partial charge in [-0.05, 0) is 19.3 Å². The van der Waals surface area contributed by atoms with Gasteiger partial charge >= 0.3 is 0 Å². The van der Waals surface area contributed by atoms with E-state index >= 15 is 0 Å². The molecule has 0 bridgehead atoms. The molecule has 0 aliphatic carbocycles. The smallest absolute Gasteiger partial charge is 0.162 e. The topological polar surface area (TPSA) is 29.5 Å². The van der Waals surface area contributed by atoms with Crippen molar-refractivity contribution in [1.29, 1.82) is 0 Å². The van der Waals surface area contributed by atoms with E-state index in [2.05, 4.69) is 6.92 Å². The van der Waals surface area contributed by atoms with Gasteiger partial charge < -0.3 is 9.84 Å². The largest absolute Gasteiger partial charge is 0.366 e. The molecule has 0 aromatic carbocycles. The summed E-state index contributed by atoms with van der Waals surface area (Å²) in [5, 5.41) is 9.27. The average molecular weight is 130 g/mol. The predicted molar refractivity (Wildman–Crippen MR) is 35.0 cm³/mol. The van der Waals surface area contributed by atoms with Gasteiger partial charge in [-0.3, -0.25) is 0 Å².